The molecule has 0 unspecified atom stereocenters. The Kier molecular flexibility index (Phi) is 8.29. The van der Waals surface area contributed by atoms with Crippen molar-refractivity contribution in [3.05, 3.63) is 70.5 Å². The number of carbonyl (C=O) groups excluding carboxylic acids is 1. The van der Waals surface area contributed by atoms with E-state index < -0.39 is 27.9 Å². The quantitative estimate of drug-likeness (QED) is 0.241. The molecule has 2 aliphatic rings. The lowest BCUT2D eigenvalue weighted by Gasteiger charge is -2.32. The zero-order chi connectivity index (χ0) is 30.3. The Bertz CT molecular complexity index is 1740. The average Bonchev–Trinajstić information content (AvgIpc) is 3.57. The summed E-state index contributed by atoms with van der Waals surface area (Å²) in [5, 5.41) is 16.1. The van der Waals surface area contributed by atoms with Crippen LogP contribution in [-0.2, 0) is 14.4 Å². The first kappa shape index (κ1) is 29.7. The van der Waals surface area contributed by atoms with Gasteiger partial charge < -0.3 is 10.0 Å². The highest BCUT2D eigenvalue weighted by molar-refractivity contribution is 7.86. The number of nitrogens with zero attached hydrogens (tertiary/aromatic N) is 4. The fourth-order valence-electron chi connectivity index (χ4n) is 5.88. The van der Waals surface area contributed by atoms with Crippen molar-refractivity contribution in [2.24, 2.45) is 0 Å². The number of fused-ring (bicyclic) bond motifs is 1. The summed E-state index contributed by atoms with van der Waals surface area (Å²) >= 11 is 1.23. The SMILES string of the molecule is Cc1ccc(S(=O)(=O)ON(C(=O)c2cc3c(C)nn(C4CCCCC4)c3s2)c2ccc(N3CCC(O)CC3)c(F)c2)cc1. The third-order valence-corrected chi connectivity index (χ3v) is 10.6. The summed E-state index contributed by atoms with van der Waals surface area (Å²) in [7, 11) is -4.45. The smallest absolute Gasteiger partial charge is 0.318 e. The van der Waals surface area contributed by atoms with E-state index in [9.17, 15) is 18.3 Å². The van der Waals surface area contributed by atoms with Crippen molar-refractivity contribution < 1.29 is 27.0 Å². The molecular formula is C31H35FN4O5S2. The van der Waals surface area contributed by atoms with Crippen LogP contribution in [0.2, 0.25) is 0 Å². The van der Waals surface area contributed by atoms with Crippen LogP contribution in [-0.4, -0.2) is 48.4 Å². The number of aryl methyl sites for hydroxylation is 2. The summed E-state index contributed by atoms with van der Waals surface area (Å²) in [4.78, 5) is 16.9. The van der Waals surface area contributed by atoms with Crippen molar-refractivity contribution in [3.63, 3.8) is 0 Å². The van der Waals surface area contributed by atoms with E-state index in [1.54, 1.807) is 18.2 Å². The number of carbonyl (C=O) groups is 1. The van der Waals surface area contributed by atoms with E-state index in [4.69, 9.17) is 9.38 Å². The molecule has 0 atom stereocenters. The molecule has 43 heavy (non-hydrogen) atoms. The van der Waals surface area contributed by atoms with Gasteiger partial charge in [0.1, 0.15) is 10.6 Å². The van der Waals surface area contributed by atoms with E-state index >= 15 is 4.39 Å². The molecule has 0 spiro atoms. The average molecular weight is 627 g/mol. The van der Waals surface area contributed by atoms with Gasteiger partial charge in [-0.05, 0) is 69.9 Å². The van der Waals surface area contributed by atoms with Crippen LogP contribution in [0.15, 0.2) is 53.4 Å². The number of rotatable bonds is 7. The lowest BCUT2D eigenvalue weighted by molar-refractivity contribution is 0.0889. The van der Waals surface area contributed by atoms with Gasteiger partial charge in [-0.25, -0.2) is 4.39 Å². The minimum Gasteiger partial charge on any atom is -0.393 e. The zero-order valence-electron chi connectivity index (χ0n) is 24.2. The largest absolute Gasteiger partial charge is 0.393 e. The fourth-order valence-corrected chi connectivity index (χ4v) is 7.94. The van der Waals surface area contributed by atoms with E-state index in [1.807, 2.05) is 23.4 Å². The van der Waals surface area contributed by atoms with Gasteiger partial charge in [0.2, 0.25) is 0 Å². The molecule has 1 N–H and O–H groups in total. The van der Waals surface area contributed by atoms with Crippen LogP contribution in [0.3, 0.4) is 0 Å². The zero-order valence-corrected chi connectivity index (χ0v) is 25.8. The number of hydrogen-bond donors (Lipinski definition) is 1. The first-order valence-electron chi connectivity index (χ1n) is 14.7. The van der Waals surface area contributed by atoms with Crippen LogP contribution in [0.4, 0.5) is 15.8 Å². The van der Waals surface area contributed by atoms with Crippen molar-refractivity contribution in [2.45, 2.75) is 75.8 Å². The van der Waals surface area contributed by atoms with E-state index in [-0.39, 0.29) is 21.5 Å². The molecule has 4 aromatic rings. The Morgan fingerprint density at radius 1 is 1.02 bits per heavy atom. The van der Waals surface area contributed by atoms with Gasteiger partial charge in [-0.1, -0.05) is 37.0 Å². The van der Waals surface area contributed by atoms with Gasteiger partial charge in [-0.2, -0.15) is 18.6 Å². The topological polar surface area (TPSA) is 105 Å². The number of aliphatic hydroxyl groups excluding tert-OH is 1. The minimum absolute atomic E-state index is 0.0536. The second-order valence-corrected chi connectivity index (χ2v) is 14.0. The van der Waals surface area contributed by atoms with Gasteiger partial charge in [0.05, 0.1) is 39.0 Å². The molecule has 9 nitrogen and oxygen atoms in total. The van der Waals surface area contributed by atoms with Crippen molar-refractivity contribution >= 4 is 49.0 Å². The molecule has 2 fully saturated rings. The number of thiophene rings is 1. The molecule has 1 saturated heterocycles. The maximum absolute atomic E-state index is 15.5. The molecule has 228 valence electrons. The van der Waals surface area contributed by atoms with Crippen LogP contribution in [0.5, 0.6) is 0 Å². The van der Waals surface area contributed by atoms with E-state index in [0.717, 1.165) is 53.2 Å². The highest BCUT2D eigenvalue weighted by atomic mass is 32.2. The number of hydrogen-bond acceptors (Lipinski definition) is 8. The minimum atomic E-state index is -4.45. The Labute approximate surface area is 254 Å². The normalized spacial score (nSPS) is 17.1. The van der Waals surface area contributed by atoms with E-state index in [2.05, 4.69) is 0 Å². The second kappa shape index (κ2) is 12.0. The van der Waals surface area contributed by atoms with Gasteiger partial charge in [-0.15, -0.1) is 15.6 Å². The van der Waals surface area contributed by atoms with Gasteiger partial charge in [0.15, 0.2) is 0 Å². The molecule has 2 aromatic carbocycles. The standard InChI is InChI=1S/C31H35FN4O5S2/c1-20-8-11-25(12-9-20)43(39,40)41-36(23-10-13-28(27(32)18-23)34-16-14-24(37)15-17-34)30(38)29-19-26-21(2)33-35(31(26)42-29)22-6-4-3-5-7-22/h8-13,18-19,22,24,37H,3-7,14-17H2,1-2H3. The Morgan fingerprint density at radius 2 is 1.72 bits per heavy atom. The maximum atomic E-state index is 15.5. The van der Waals surface area contributed by atoms with Crippen molar-refractivity contribution in [3.8, 4) is 0 Å². The van der Waals surface area contributed by atoms with Crippen LogP contribution in [0.1, 0.15) is 71.9 Å². The third kappa shape index (κ3) is 6.06. The summed E-state index contributed by atoms with van der Waals surface area (Å²) in [6, 6.07) is 12.2. The number of benzene rings is 2. The molecule has 1 aliphatic heterocycles. The molecule has 1 amide bonds. The second-order valence-electron chi connectivity index (χ2n) is 11.4. The predicted molar refractivity (Wildman–Crippen MR) is 165 cm³/mol. The summed E-state index contributed by atoms with van der Waals surface area (Å²) in [5.74, 6) is -1.34. The number of anilines is 2. The molecule has 0 bridgehead atoms. The van der Waals surface area contributed by atoms with Crippen LogP contribution in [0, 0.1) is 19.7 Å². The highest BCUT2D eigenvalue weighted by Crippen LogP contribution is 2.37. The molecule has 6 rings (SSSR count). The summed E-state index contributed by atoms with van der Waals surface area (Å²) in [5.41, 5.74) is 1.91. The third-order valence-electron chi connectivity index (χ3n) is 8.34. The first-order chi connectivity index (χ1) is 20.6. The van der Waals surface area contributed by atoms with Crippen molar-refractivity contribution in [2.75, 3.05) is 23.1 Å². The number of amides is 1. The summed E-state index contributed by atoms with van der Waals surface area (Å²) < 4.78 is 49.8. The maximum Gasteiger partial charge on any atom is 0.318 e. The van der Waals surface area contributed by atoms with Gasteiger partial charge in [0.25, 0.3) is 5.91 Å². The molecule has 3 heterocycles. The summed E-state index contributed by atoms with van der Waals surface area (Å²) in [6.45, 7) is 4.69. The van der Waals surface area contributed by atoms with Crippen molar-refractivity contribution in [1.82, 2.24) is 9.78 Å². The number of aliphatic hydroxyl groups is 1. The van der Waals surface area contributed by atoms with E-state index in [1.165, 1.54) is 42.0 Å². The monoisotopic (exact) mass is 626 g/mol. The molecule has 1 saturated carbocycles. The fraction of sp³-hybridized carbons (Fsp3) is 0.419. The number of hydroxylamine groups is 1. The van der Waals surface area contributed by atoms with E-state index in [0.29, 0.717) is 36.7 Å². The van der Waals surface area contributed by atoms with Crippen LogP contribution >= 0.6 is 11.3 Å². The van der Waals surface area contributed by atoms with Gasteiger partial charge in [0, 0.05) is 24.5 Å². The van der Waals surface area contributed by atoms with Gasteiger partial charge in [-0.3, -0.25) is 9.48 Å². The molecular weight excluding hydrogens is 591 g/mol. The Balaban J connectivity index is 1.37. The first-order valence-corrected chi connectivity index (χ1v) is 16.9. The lowest BCUT2D eigenvalue weighted by Crippen LogP contribution is -2.36. The summed E-state index contributed by atoms with van der Waals surface area (Å²) in [6.07, 6.45) is 6.11. The van der Waals surface area contributed by atoms with Crippen LogP contribution in [0.25, 0.3) is 10.2 Å². The van der Waals surface area contributed by atoms with Crippen LogP contribution < -0.4 is 9.96 Å². The lowest BCUT2D eigenvalue weighted by atomic mass is 9.96. The molecule has 2 aromatic heterocycles. The Morgan fingerprint density at radius 3 is 2.40 bits per heavy atom. The number of aromatic nitrogens is 2. The number of piperidine rings is 1. The van der Waals surface area contributed by atoms with Crippen molar-refractivity contribution in [1.29, 1.82) is 0 Å². The highest BCUT2D eigenvalue weighted by Gasteiger charge is 2.31. The van der Waals surface area contributed by atoms with Gasteiger partial charge >= 0.3 is 10.1 Å². The number of halogens is 1. The Hall–Kier alpha value is -3.32. The molecule has 12 heteroatoms. The molecule has 1 aliphatic carbocycles. The molecule has 0 radical (unpaired) electrons. The predicted octanol–water partition coefficient (Wildman–Crippen LogP) is 6.29.